The first-order valence-electron chi connectivity index (χ1n) is 11.2. The number of piperidine rings is 1. The van der Waals surface area contributed by atoms with Crippen molar-refractivity contribution in [3.8, 4) is 0 Å². The van der Waals surface area contributed by atoms with Crippen molar-refractivity contribution in [1.82, 2.24) is 14.2 Å². The lowest BCUT2D eigenvalue weighted by Crippen LogP contribution is -2.44. The fourth-order valence-corrected chi connectivity index (χ4v) is 5.75. The third-order valence-electron chi connectivity index (χ3n) is 6.11. The number of hydrogen-bond donors (Lipinski definition) is 1. The fourth-order valence-electron chi connectivity index (χ4n) is 4.22. The van der Waals surface area contributed by atoms with E-state index in [1.54, 1.807) is 30.1 Å². The first-order chi connectivity index (χ1) is 14.7. The van der Waals surface area contributed by atoms with Gasteiger partial charge >= 0.3 is 0 Å². The van der Waals surface area contributed by atoms with Crippen LogP contribution in [0.3, 0.4) is 0 Å². The molecule has 1 fully saturated rings. The van der Waals surface area contributed by atoms with E-state index in [-0.39, 0.29) is 23.8 Å². The first kappa shape index (κ1) is 23.5. The third kappa shape index (κ3) is 5.57. The van der Waals surface area contributed by atoms with Crippen molar-refractivity contribution in [1.29, 1.82) is 0 Å². The molecule has 1 aromatic carbocycles. The van der Waals surface area contributed by atoms with Gasteiger partial charge in [0.25, 0.3) is 0 Å². The van der Waals surface area contributed by atoms with Crippen LogP contribution in [0.15, 0.2) is 47.6 Å². The van der Waals surface area contributed by atoms with Gasteiger partial charge in [0.05, 0.1) is 10.9 Å². The average molecular weight is 446 g/mol. The molecule has 0 aliphatic carbocycles. The molecule has 7 heteroatoms. The molecular weight excluding hydrogens is 410 g/mol. The minimum Gasteiger partial charge on any atom is -0.356 e. The predicted octanol–water partition coefficient (Wildman–Crippen LogP) is 3.89. The molecule has 2 heterocycles. The highest BCUT2D eigenvalue weighted by Gasteiger charge is 2.33. The summed E-state index contributed by atoms with van der Waals surface area (Å²) < 4.78 is 28.9. The summed E-state index contributed by atoms with van der Waals surface area (Å²) in [6.45, 7) is 7.13. The smallest absolute Gasteiger partial charge is 0.244 e. The van der Waals surface area contributed by atoms with Gasteiger partial charge in [-0.2, -0.15) is 4.31 Å². The molecule has 0 unspecified atom stereocenters. The quantitative estimate of drug-likeness (QED) is 0.670. The van der Waals surface area contributed by atoms with Crippen molar-refractivity contribution in [2.75, 3.05) is 13.1 Å². The lowest BCUT2D eigenvalue weighted by Gasteiger charge is -2.32. The van der Waals surface area contributed by atoms with Gasteiger partial charge in [-0.05, 0) is 42.4 Å². The highest BCUT2D eigenvalue weighted by atomic mass is 32.2. The number of nitrogens with zero attached hydrogens (tertiary/aromatic N) is 2. The Labute approximate surface area is 186 Å². The Morgan fingerprint density at radius 3 is 2.29 bits per heavy atom. The molecule has 170 valence electrons. The summed E-state index contributed by atoms with van der Waals surface area (Å²) in [5.41, 5.74) is 2.43. The Kier molecular flexibility index (Phi) is 7.59. The number of rotatable bonds is 8. The molecule has 0 spiro atoms. The highest BCUT2D eigenvalue weighted by Crippen LogP contribution is 2.27. The van der Waals surface area contributed by atoms with Crippen LogP contribution in [0.5, 0.6) is 0 Å². The maximum atomic E-state index is 13.0. The zero-order chi connectivity index (χ0) is 22.6. The van der Waals surface area contributed by atoms with Crippen molar-refractivity contribution >= 4 is 15.9 Å². The van der Waals surface area contributed by atoms with Gasteiger partial charge in [-0.1, -0.05) is 51.5 Å². The normalized spacial score (nSPS) is 17.1. The van der Waals surface area contributed by atoms with Crippen LogP contribution < -0.4 is 5.32 Å². The monoisotopic (exact) mass is 445 g/mol. The number of carbonyl (C=O) groups is 1. The topological polar surface area (TPSA) is 71.4 Å². The molecule has 1 atom stereocenters. The predicted molar refractivity (Wildman–Crippen MR) is 123 cm³/mol. The second-order valence-corrected chi connectivity index (χ2v) is 10.9. The minimum absolute atomic E-state index is 0.0214. The summed E-state index contributed by atoms with van der Waals surface area (Å²) in [5, 5.41) is 3.23. The third-order valence-corrected chi connectivity index (χ3v) is 7.99. The average Bonchev–Trinajstić information content (AvgIpc) is 3.20. The van der Waals surface area contributed by atoms with Crippen LogP contribution in [0.25, 0.3) is 0 Å². The van der Waals surface area contributed by atoms with Crippen LogP contribution in [-0.4, -0.2) is 36.3 Å². The van der Waals surface area contributed by atoms with Crippen LogP contribution in [0.2, 0.25) is 0 Å². The van der Waals surface area contributed by atoms with Crippen molar-refractivity contribution in [3.05, 3.63) is 53.9 Å². The van der Waals surface area contributed by atoms with Crippen LogP contribution >= 0.6 is 0 Å². The second-order valence-electron chi connectivity index (χ2n) is 8.91. The van der Waals surface area contributed by atoms with Crippen LogP contribution in [0, 0.1) is 11.8 Å². The Morgan fingerprint density at radius 1 is 1.13 bits per heavy atom. The molecule has 1 saturated heterocycles. The molecule has 1 aliphatic rings. The number of aromatic nitrogens is 1. The number of aryl methyl sites for hydroxylation is 2. The Hall–Kier alpha value is -2.12. The SMILES string of the molecule is CCCc1ccc([C@H](NC(=O)C2CCN(S(=O)(=O)c3ccn(C)c3)CC2)C(C)C)cc1. The van der Waals surface area contributed by atoms with Gasteiger partial charge in [0.15, 0.2) is 0 Å². The van der Waals surface area contributed by atoms with Crippen molar-refractivity contribution in [3.63, 3.8) is 0 Å². The number of amides is 1. The number of carbonyl (C=O) groups excluding carboxylic acids is 1. The van der Waals surface area contributed by atoms with Gasteiger partial charge in [0.1, 0.15) is 0 Å². The fraction of sp³-hybridized carbons (Fsp3) is 0.542. The molecule has 1 N–H and O–H groups in total. The van der Waals surface area contributed by atoms with Crippen LogP contribution in [0.4, 0.5) is 0 Å². The van der Waals surface area contributed by atoms with Gasteiger partial charge < -0.3 is 9.88 Å². The second kappa shape index (κ2) is 10.0. The maximum Gasteiger partial charge on any atom is 0.244 e. The van der Waals surface area contributed by atoms with Crippen molar-refractivity contribution < 1.29 is 13.2 Å². The van der Waals surface area contributed by atoms with Crippen LogP contribution in [-0.2, 0) is 28.3 Å². The molecular formula is C24H35N3O3S. The lowest BCUT2D eigenvalue weighted by atomic mass is 9.92. The Morgan fingerprint density at radius 2 is 1.77 bits per heavy atom. The summed E-state index contributed by atoms with van der Waals surface area (Å²) in [7, 11) is -1.69. The van der Waals surface area contributed by atoms with Gasteiger partial charge in [0, 0.05) is 38.4 Å². The molecule has 0 radical (unpaired) electrons. The summed E-state index contributed by atoms with van der Waals surface area (Å²) in [6, 6.07) is 10.1. The Bertz CT molecular complexity index is 972. The standard InChI is InChI=1S/C24H35N3O3S/c1-5-6-19-7-9-20(10-8-19)23(18(2)3)25-24(28)21-11-15-27(16-12-21)31(29,30)22-13-14-26(4)17-22/h7-10,13-14,17-18,21,23H,5-6,11-12,15-16H2,1-4H3,(H,25,28)/t23-/m1/s1. The van der Waals surface area contributed by atoms with E-state index in [4.69, 9.17) is 0 Å². The lowest BCUT2D eigenvalue weighted by molar-refractivity contribution is -0.127. The summed E-state index contributed by atoms with van der Waals surface area (Å²) in [4.78, 5) is 13.3. The number of sulfonamides is 1. The molecule has 0 bridgehead atoms. The zero-order valence-electron chi connectivity index (χ0n) is 19.0. The largest absolute Gasteiger partial charge is 0.356 e. The molecule has 1 aromatic heterocycles. The maximum absolute atomic E-state index is 13.0. The molecule has 1 amide bonds. The van der Waals surface area contributed by atoms with Crippen molar-refractivity contribution in [2.45, 2.75) is 57.4 Å². The Balaban J connectivity index is 1.61. The number of nitrogens with one attached hydrogen (secondary N) is 1. The van der Waals surface area contributed by atoms with E-state index in [1.165, 1.54) is 9.87 Å². The van der Waals surface area contributed by atoms with Gasteiger partial charge in [-0.3, -0.25) is 4.79 Å². The van der Waals surface area contributed by atoms with Gasteiger partial charge in [-0.25, -0.2) is 8.42 Å². The number of benzene rings is 1. The van der Waals surface area contributed by atoms with Gasteiger partial charge in [-0.15, -0.1) is 0 Å². The molecule has 6 nitrogen and oxygen atoms in total. The first-order valence-corrected chi connectivity index (χ1v) is 12.7. The van der Waals surface area contributed by atoms with E-state index >= 15 is 0 Å². The summed E-state index contributed by atoms with van der Waals surface area (Å²) in [6.07, 6.45) is 6.60. The molecule has 2 aromatic rings. The molecule has 31 heavy (non-hydrogen) atoms. The summed E-state index contributed by atoms with van der Waals surface area (Å²) >= 11 is 0. The summed E-state index contributed by atoms with van der Waals surface area (Å²) in [5.74, 6) is 0.121. The van der Waals surface area contributed by atoms with Crippen molar-refractivity contribution in [2.24, 2.45) is 18.9 Å². The van der Waals surface area contributed by atoms with E-state index in [2.05, 4.69) is 50.4 Å². The van der Waals surface area contributed by atoms with E-state index < -0.39 is 10.0 Å². The molecule has 3 rings (SSSR count). The van der Waals surface area contributed by atoms with E-state index in [0.29, 0.717) is 30.8 Å². The molecule has 0 saturated carbocycles. The van der Waals surface area contributed by atoms with E-state index in [9.17, 15) is 13.2 Å². The number of hydrogen-bond acceptors (Lipinski definition) is 3. The minimum atomic E-state index is -3.50. The van der Waals surface area contributed by atoms with E-state index in [0.717, 1.165) is 18.4 Å². The van der Waals surface area contributed by atoms with Gasteiger partial charge in [0.2, 0.25) is 15.9 Å². The zero-order valence-corrected chi connectivity index (χ0v) is 19.9. The molecule has 1 aliphatic heterocycles. The van der Waals surface area contributed by atoms with Crippen LogP contribution in [0.1, 0.15) is 57.2 Å². The van der Waals surface area contributed by atoms with E-state index in [1.807, 2.05) is 0 Å². The highest BCUT2D eigenvalue weighted by molar-refractivity contribution is 7.89.